The van der Waals surface area contributed by atoms with Crippen LogP contribution in [-0.4, -0.2) is 24.1 Å². The second kappa shape index (κ2) is 4.79. The summed E-state index contributed by atoms with van der Waals surface area (Å²) in [5.74, 6) is -0.679. The third kappa shape index (κ3) is 3.17. The van der Waals surface area contributed by atoms with E-state index in [1.165, 1.54) is 5.38 Å². The highest BCUT2D eigenvalue weighted by molar-refractivity contribution is 7.09. The molecule has 0 aliphatic carbocycles. The second-order valence-corrected chi connectivity index (χ2v) is 3.83. The van der Waals surface area contributed by atoms with Gasteiger partial charge in [-0.2, -0.15) is 13.2 Å². The Labute approximate surface area is 93.2 Å². The second-order valence-electron chi connectivity index (χ2n) is 2.98. The number of alkyl halides is 3. The Morgan fingerprint density at radius 1 is 1.69 bits per heavy atom. The number of ether oxygens (including phenoxy) is 1. The molecule has 1 heterocycles. The van der Waals surface area contributed by atoms with Crippen LogP contribution >= 0.6 is 11.3 Å². The average molecular weight is 254 g/mol. The smallest absolute Gasteiger partial charge is 0.443 e. The van der Waals surface area contributed by atoms with E-state index in [2.05, 4.69) is 9.72 Å². The molecular weight excluding hydrogens is 245 g/mol. The number of halogens is 3. The Morgan fingerprint density at radius 3 is 2.75 bits per heavy atom. The van der Waals surface area contributed by atoms with Crippen LogP contribution in [0.15, 0.2) is 5.38 Å². The first-order valence-corrected chi connectivity index (χ1v) is 5.07. The first kappa shape index (κ1) is 12.9. The van der Waals surface area contributed by atoms with E-state index < -0.39 is 23.2 Å². The fraction of sp³-hybridized carbons (Fsp3) is 0.500. The van der Waals surface area contributed by atoms with Gasteiger partial charge in [-0.1, -0.05) is 0 Å². The lowest BCUT2D eigenvalue weighted by atomic mass is 10.2. The molecule has 90 valence electrons. The van der Waals surface area contributed by atoms with Crippen LogP contribution in [0.25, 0.3) is 0 Å². The minimum Gasteiger partial charge on any atom is -0.468 e. The highest BCUT2D eigenvalue weighted by Crippen LogP contribution is 2.31. The summed E-state index contributed by atoms with van der Waals surface area (Å²) in [4.78, 5) is 14.3. The maximum Gasteiger partial charge on any atom is 0.443 e. The van der Waals surface area contributed by atoms with E-state index >= 15 is 0 Å². The van der Waals surface area contributed by atoms with E-state index in [-0.39, 0.29) is 12.1 Å². The molecule has 1 rings (SSSR count). The zero-order chi connectivity index (χ0) is 12.3. The zero-order valence-corrected chi connectivity index (χ0v) is 9.06. The quantitative estimate of drug-likeness (QED) is 0.823. The summed E-state index contributed by atoms with van der Waals surface area (Å²) in [5, 5.41) is 0.283. The van der Waals surface area contributed by atoms with Gasteiger partial charge < -0.3 is 10.5 Å². The van der Waals surface area contributed by atoms with Gasteiger partial charge in [0.05, 0.1) is 12.8 Å². The Hall–Kier alpha value is -1.15. The number of rotatable bonds is 3. The molecule has 16 heavy (non-hydrogen) atoms. The lowest BCUT2D eigenvalue weighted by Crippen LogP contribution is -2.33. The highest BCUT2D eigenvalue weighted by atomic mass is 32.1. The average Bonchev–Trinajstić information content (AvgIpc) is 2.64. The summed E-state index contributed by atoms with van der Waals surface area (Å²) in [7, 11) is 1.16. The minimum atomic E-state index is -4.46. The molecule has 0 fully saturated rings. The van der Waals surface area contributed by atoms with Crippen molar-refractivity contribution in [2.75, 3.05) is 7.11 Å². The van der Waals surface area contributed by atoms with Gasteiger partial charge in [0.2, 0.25) is 0 Å². The predicted octanol–water partition coefficient (Wildman–Crippen LogP) is 1.20. The van der Waals surface area contributed by atoms with Gasteiger partial charge in [0.15, 0.2) is 5.01 Å². The van der Waals surface area contributed by atoms with Gasteiger partial charge >= 0.3 is 12.1 Å². The molecule has 0 aliphatic rings. The normalized spacial score (nSPS) is 13.6. The van der Waals surface area contributed by atoms with Crippen molar-refractivity contribution in [3.8, 4) is 0 Å². The predicted molar refractivity (Wildman–Crippen MR) is 50.8 cm³/mol. The number of nitrogens with zero attached hydrogens (tertiary/aromatic N) is 1. The molecule has 2 N–H and O–H groups in total. The largest absolute Gasteiger partial charge is 0.468 e. The summed E-state index contributed by atoms with van der Waals surface area (Å²) >= 11 is 0.474. The van der Waals surface area contributed by atoms with Crippen LogP contribution in [0.2, 0.25) is 0 Å². The molecule has 0 unspecified atom stereocenters. The molecule has 0 spiro atoms. The lowest BCUT2D eigenvalue weighted by molar-refractivity contribution is -0.142. The summed E-state index contributed by atoms with van der Waals surface area (Å²) in [6.45, 7) is 0. The molecular formula is C8H9F3N2O2S. The standard InChI is InChI=1S/C8H9F3N2O2S/c1-15-6(14)5(12)2-4-3-16-7(13-4)8(9,10)11/h3,5H,2,12H2,1H3/t5-/m0/s1. The molecule has 0 radical (unpaired) electrons. The molecule has 0 bridgehead atoms. The van der Waals surface area contributed by atoms with Gasteiger partial charge in [-0.05, 0) is 0 Å². The zero-order valence-electron chi connectivity index (χ0n) is 8.25. The van der Waals surface area contributed by atoms with Gasteiger partial charge in [0.25, 0.3) is 0 Å². The molecule has 0 aromatic carbocycles. The maximum atomic E-state index is 12.2. The van der Waals surface area contributed by atoms with Crippen molar-refractivity contribution in [2.24, 2.45) is 5.73 Å². The molecule has 1 atom stereocenters. The third-order valence-electron chi connectivity index (χ3n) is 1.73. The van der Waals surface area contributed by atoms with Crippen molar-refractivity contribution in [3.05, 3.63) is 16.1 Å². The molecule has 4 nitrogen and oxygen atoms in total. The summed E-state index contributed by atoms with van der Waals surface area (Å²) < 4.78 is 40.9. The summed E-state index contributed by atoms with van der Waals surface area (Å²) in [6.07, 6.45) is -4.53. The topological polar surface area (TPSA) is 65.2 Å². The van der Waals surface area contributed by atoms with Crippen molar-refractivity contribution in [1.29, 1.82) is 0 Å². The van der Waals surface area contributed by atoms with Crippen LogP contribution in [-0.2, 0) is 22.1 Å². The van der Waals surface area contributed by atoms with Crippen LogP contribution in [0.5, 0.6) is 0 Å². The SMILES string of the molecule is COC(=O)[C@@H](N)Cc1csc(C(F)(F)F)n1. The van der Waals surface area contributed by atoms with Crippen LogP contribution < -0.4 is 5.73 Å². The number of aromatic nitrogens is 1. The van der Waals surface area contributed by atoms with E-state index in [1.807, 2.05) is 0 Å². The highest BCUT2D eigenvalue weighted by Gasteiger charge is 2.34. The van der Waals surface area contributed by atoms with E-state index in [0.717, 1.165) is 7.11 Å². The van der Waals surface area contributed by atoms with E-state index in [1.54, 1.807) is 0 Å². The third-order valence-corrected chi connectivity index (χ3v) is 2.66. The van der Waals surface area contributed by atoms with Crippen molar-refractivity contribution in [3.63, 3.8) is 0 Å². The number of carbonyl (C=O) groups excluding carboxylic acids is 1. The lowest BCUT2D eigenvalue weighted by Gasteiger charge is -2.06. The molecule has 0 saturated heterocycles. The number of hydrogen-bond acceptors (Lipinski definition) is 5. The maximum absolute atomic E-state index is 12.2. The monoisotopic (exact) mass is 254 g/mol. The van der Waals surface area contributed by atoms with Gasteiger partial charge in [-0.25, -0.2) is 4.98 Å². The van der Waals surface area contributed by atoms with Gasteiger partial charge in [0, 0.05) is 11.8 Å². The molecule has 1 aromatic heterocycles. The minimum absolute atomic E-state index is 0.0702. The molecule has 0 aliphatic heterocycles. The fourth-order valence-electron chi connectivity index (χ4n) is 0.991. The van der Waals surface area contributed by atoms with Crippen LogP contribution in [0.1, 0.15) is 10.7 Å². The first-order valence-electron chi connectivity index (χ1n) is 4.19. The number of esters is 1. The van der Waals surface area contributed by atoms with Crippen molar-refractivity contribution >= 4 is 17.3 Å². The fourth-order valence-corrected chi connectivity index (χ4v) is 1.69. The van der Waals surface area contributed by atoms with Crippen molar-refractivity contribution < 1.29 is 22.7 Å². The number of methoxy groups -OCH3 is 1. The Bertz CT molecular complexity index is 378. The van der Waals surface area contributed by atoms with E-state index in [0.29, 0.717) is 11.3 Å². The van der Waals surface area contributed by atoms with Crippen LogP contribution in [0, 0.1) is 0 Å². The van der Waals surface area contributed by atoms with Gasteiger partial charge in [0.1, 0.15) is 6.04 Å². The van der Waals surface area contributed by atoms with Crippen molar-refractivity contribution in [1.82, 2.24) is 4.98 Å². The van der Waals surface area contributed by atoms with E-state index in [9.17, 15) is 18.0 Å². The number of thiazole rings is 1. The van der Waals surface area contributed by atoms with Gasteiger partial charge in [-0.3, -0.25) is 4.79 Å². The van der Waals surface area contributed by atoms with Crippen LogP contribution in [0.4, 0.5) is 13.2 Å². The Morgan fingerprint density at radius 2 is 2.31 bits per heavy atom. The molecule has 0 saturated carbocycles. The number of carbonyl (C=O) groups is 1. The Kier molecular flexibility index (Phi) is 3.87. The number of hydrogen-bond donors (Lipinski definition) is 1. The van der Waals surface area contributed by atoms with Crippen molar-refractivity contribution in [2.45, 2.75) is 18.6 Å². The van der Waals surface area contributed by atoms with Crippen LogP contribution in [0.3, 0.4) is 0 Å². The summed E-state index contributed by atoms with van der Waals surface area (Å²) in [6, 6.07) is -0.992. The Balaban J connectivity index is 2.69. The van der Waals surface area contributed by atoms with Gasteiger partial charge in [-0.15, -0.1) is 11.3 Å². The molecule has 0 amide bonds. The molecule has 8 heteroatoms. The molecule has 1 aromatic rings. The number of nitrogens with two attached hydrogens (primary N) is 1. The first-order chi connectivity index (χ1) is 7.34. The van der Waals surface area contributed by atoms with E-state index in [4.69, 9.17) is 5.73 Å². The summed E-state index contributed by atoms with van der Waals surface area (Å²) in [5.41, 5.74) is 5.52.